The highest BCUT2D eigenvalue weighted by molar-refractivity contribution is 6.03. The molecule has 0 saturated heterocycles. The van der Waals surface area contributed by atoms with Crippen molar-refractivity contribution in [1.82, 2.24) is 9.97 Å². The topological polar surface area (TPSA) is 93.2 Å². The number of anilines is 2. The van der Waals surface area contributed by atoms with E-state index in [-0.39, 0.29) is 17.5 Å². The van der Waals surface area contributed by atoms with Crippen LogP contribution in [0, 0.1) is 5.82 Å². The number of aromatic nitrogens is 2. The third-order valence-electron chi connectivity index (χ3n) is 3.79. The van der Waals surface area contributed by atoms with Crippen molar-refractivity contribution in [3.63, 3.8) is 0 Å². The number of hydrogen-bond donors (Lipinski definition) is 2. The lowest BCUT2D eigenvalue weighted by Crippen LogP contribution is -2.15. The summed E-state index contributed by atoms with van der Waals surface area (Å²) in [6.07, 6.45) is 1.46. The van der Waals surface area contributed by atoms with Gasteiger partial charge in [0.15, 0.2) is 0 Å². The number of carbonyl (C=O) groups excluding carboxylic acids is 2. The van der Waals surface area contributed by atoms with Crippen LogP contribution < -0.4 is 10.6 Å². The van der Waals surface area contributed by atoms with Gasteiger partial charge in [0.25, 0.3) is 5.91 Å². The fourth-order valence-electron chi connectivity index (χ4n) is 2.39. The van der Waals surface area contributed by atoms with Crippen molar-refractivity contribution in [1.29, 1.82) is 0 Å². The number of benzene rings is 2. The minimum Gasteiger partial charge on any atom is -0.465 e. The van der Waals surface area contributed by atoms with Gasteiger partial charge in [0.05, 0.1) is 12.7 Å². The van der Waals surface area contributed by atoms with Crippen molar-refractivity contribution in [3.8, 4) is 0 Å². The van der Waals surface area contributed by atoms with Gasteiger partial charge in [0, 0.05) is 18.4 Å². The molecule has 142 valence electrons. The van der Waals surface area contributed by atoms with Crippen LogP contribution in [-0.4, -0.2) is 29.0 Å². The monoisotopic (exact) mass is 380 g/mol. The third kappa shape index (κ3) is 4.88. The van der Waals surface area contributed by atoms with Gasteiger partial charge in [0.2, 0.25) is 5.95 Å². The molecule has 0 unspecified atom stereocenters. The molecule has 0 bridgehead atoms. The van der Waals surface area contributed by atoms with Crippen LogP contribution in [0.15, 0.2) is 60.8 Å². The van der Waals surface area contributed by atoms with E-state index in [1.54, 1.807) is 30.3 Å². The van der Waals surface area contributed by atoms with E-state index in [9.17, 15) is 14.0 Å². The second-order valence-electron chi connectivity index (χ2n) is 5.77. The molecule has 0 aliphatic carbocycles. The Morgan fingerprint density at radius 3 is 2.64 bits per heavy atom. The lowest BCUT2D eigenvalue weighted by atomic mass is 10.2. The number of nitrogens with zero attached hydrogens (tertiary/aromatic N) is 2. The molecule has 0 saturated carbocycles. The van der Waals surface area contributed by atoms with E-state index in [2.05, 4.69) is 25.3 Å². The zero-order valence-corrected chi connectivity index (χ0v) is 15.0. The van der Waals surface area contributed by atoms with E-state index in [1.807, 2.05) is 0 Å². The van der Waals surface area contributed by atoms with Gasteiger partial charge in [-0.05, 0) is 42.0 Å². The standard InChI is InChI=1S/C20H17FN4O3/c1-28-19(27)14-3-2-4-16(11-14)24-18(26)17-9-10-22-20(25-17)23-12-13-5-7-15(21)8-6-13/h2-11H,12H2,1H3,(H,24,26)(H,22,23,25). The molecule has 0 radical (unpaired) electrons. The Balaban J connectivity index is 1.66. The summed E-state index contributed by atoms with van der Waals surface area (Å²) in [4.78, 5) is 32.3. The Morgan fingerprint density at radius 2 is 1.89 bits per heavy atom. The van der Waals surface area contributed by atoms with Gasteiger partial charge >= 0.3 is 5.97 Å². The summed E-state index contributed by atoms with van der Waals surface area (Å²) in [7, 11) is 1.29. The zero-order chi connectivity index (χ0) is 19.9. The summed E-state index contributed by atoms with van der Waals surface area (Å²) in [6, 6.07) is 13.9. The summed E-state index contributed by atoms with van der Waals surface area (Å²) in [5.74, 6) is -0.991. The maximum absolute atomic E-state index is 12.9. The predicted molar refractivity (Wildman–Crippen MR) is 101 cm³/mol. The average Bonchev–Trinajstić information content (AvgIpc) is 2.73. The molecule has 0 aliphatic rings. The smallest absolute Gasteiger partial charge is 0.337 e. The van der Waals surface area contributed by atoms with Crippen LogP contribution in [-0.2, 0) is 11.3 Å². The fourth-order valence-corrected chi connectivity index (χ4v) is 2.39. The van der Waals surface area contributed by atoms with E-state index in [4.69, 9.17) is 0 Å². The van der Waals surface area contributed by atoms with E-state index in [0.717, 1.165) is 5.56 Å². The van der Waals surface area contributed by atoms with Gasteiger partial charge in [-0.3, -0.25) is 4.79 Å². The molecule has 3 aromatic rings. The number of methoxy groups -OCH3 is 1. The molecular weight excluding hydrogens is 363 g/mol. The molecule has 0 spiro atoms. The number of esters is 1. The quantitative estimate of drug-likeness (QED) is 0.638. The molecule has 1 amide bonds. The van der Waals surface area contributed by atoms with Crippen LogP contribution >= 0.6 is 0 Å². The molecule has 0 fully saturated rings. The number of carbonyl (C=O) groups is 2. The van der Waals surface area contributed by atoms with Crippen molar-refractivity contribution < 1.29 is 18.7 Å². The van der Waals surface area contributed by atoms with Crippen molar-refractivity contribution in [2.45, 2.75) is 6.54 Å². The van der Waals surface area contributed by atoms with Gasteiger partial charge in [-0.25, -0.2) is 19.2 Å². The van der Waals surface area contributed by atoms with Crippen LogP contribution in [0.3, 0.4) is 0 Å². The van der Waals surface area contributed by atoms with Gasteiger partial charge < -0.3 is 15.4 Å². The van der Waals surface area contributed by atoms with Crippen LogP contribution in [0.4, 0.5) is 16.0 Å². The summed E-state index contributed by atoms with van der Waals surface area (Å²) < 4.78 is 17.6. The summed E-state index contributed by atoms with van der Waals surface area (Å²) >= 11 is 0. The molecule has 28 heavy (non-hydrogen) atoms. The highest BCUT2D eigenvalue weighted by atomic mass is 19.1. The average molecular weight is 380 g/mol. The Kier molecular flexibility index (Phi) is 5.91. The number of amides is 1. The largest absolute Gasteiger partial charge is 0.465 e. The lowest BCUT2D eigenvalue weighted by Gasteiger charge is -2.08. The molecule has 0 aliphatic heterocycles. The molecule has 1 aromatic heterocycles. The molecule has 8 heteroatoms. The maximum atomic E-state index is 12.9. The summed E-state index contributed by atoms with van der Waals surface area (Å²) in [5.41, 5.74) is 1.76. The van der Waals surface area contributed by atoms with Gasteiger partial charge in [-0.2, -0.15) is 0 Å². The van der Waals surface area contributed by atoms with Crippen molar-refractivity contribution >= 4 is 23.5 Å². The second-order valence-corrected chi connectivity index (χ2v) is 5.77. The molecule has 7 nitrogen and oxygen atoms in total. The van der Waals surface area contributed by atoms with Gasteiger partial charge in [0.1, 0.15) is 11.5 Å². The zero-order valence-electron chi connectivity index (χ0n) is 15.0. The first-order valence-electron chi connectivity index (χ1n) is 8.36. The number of rotatable bonds is 6. The first-order chi connectivity index (χ1) is 13.5. The number of ether oxygens (including phenoxy) is 1. The number of halogens is 1. The van der Waals surface area contributed by atoms with E-state index < -0.39 is 11.9 Å². The minimum absolute atomic E-state index is 0.153. The first-order valence-corrected chi connectivity index (χ1v) is 8.36. The van der Waals surface area contributed by atoms with Crippen LogP contribution in [0.2, 0.25) is 0 Å². The van der Waals surface area contributed by atoms with Crippen LogP contribution in [0.5, 0.6) is 0 Å². The summed E-state index contributed by atoms with van der Waals surface area (Å²) in [5, 5.41) is 5.66. The number of nitrogens with one attached hydrogen (secondary N) is 2. The maximum Gasteiger partial charge on any atom is 0.337 e. The molecule has 2 N–H and O–H groups in total. The molecule has 3 rings (SSSR count). The molecule has 0 atom stereocenters. The van der Waals surface area contributed by atoms with Crippen molar-refractivity contribution in [3.05, 3.63) is 83.4 Å². The van der Waals surface area contributed by atoms with Gasteiger partial charge in [-0.1, -0.05) is 18.2 Å². The second kappa shape index (κ2) is 8.72. The highest BCUT2D eigenvalue weighted by Gasteiger charge is 2.11. The van der Waals surface area contributed by atoms with Crippen LogP contribution in [0.1, 0.15) is 26.4 Å². The number of hydrogen-bond acceptors (Lipinski definition) is 6. The molecular formula is C20H17FN4O3. The Labute approximate surface area is 160 Å². The minimum atomic E-state index is -0.495. The SMILES string of the molecule is COC(=O)c1cccc(NC(=O)c2ccnc(NCc3ccc(F)cc3)n2)c1. The van der Waals surface area contributed by atoms with Gasteiger partial charge in [-0.15, -0.1) is 0 Å². The predicted octanol–water partition coefficient (Wildman–Crippen LogP) is 3.27. The van der Waals surface area contributed by atoms with Crippen LogP contribution in [0.25, 0.3) is 0 Å². The third-order valence-corrected chi connectivity index (χ3v) is 3.79. The van der Waals surface area contributed by atoms with E-state index >= 15 is 0 Å². The lowest BCUT2D eigenvalue weighted by molar-refractivity contribution is 0.0600. The fraction of sp³-hybridized carbons (Fsp3) is 0.100. The summed E-state index contributed by atoms with van der Waals surface area (Å²) in [6.45, 7) is 0.381. The Bertz CT molecular complexity index is 993. The van der Waals surface area contributed by atoms with E-state index in [0.29, 0.717) is 17.8 Å². The van der Waals surface area contributed by atoms with Crippen molar-refractivity contribution in [2.24, 2.45) is 0 Å². The normalized spacial score (nSPS) is 10.2. The van der Waals surface area contributed by atoms with Crippen molar-refractivity contribution in [2.75, 3.05) is 17.7 Å². The van der Waals surface area contributed by atoms with E-state index in [1.165, 1.54) is 37.6 Å². The first kappa shape index (κ1) is 19.0. The molecule has 2 aromatic carbocycles. The highest BCUT2D eigenvalue weighted by Crippen LogP contribution is 2.13. The Morgan fingerprint density at radius 1 is 1.11 bits per heavy atom. The molecule has 1 heterocycles. The Hall–Kier alpha value is -3.81.